The molecule has 1 aromatic heterocycles. The number of nitrogens with zero attached hydrogens (tertiary/aromatic N) is 2. The summed E-state index contributed by atoms with van der Waals surface area (Å²) in [6.45, 7) is 0.648. The third-order valence-corrected chi connectivity index (χ3v) is 1.44. The van der Waals surface area contributed by atoms with Crippen molar-refractivity contribution < 1.29 is 4.74 Å². The van der Waals surface area contributed by atoms with Gasteiger partial charge in [-0.1, -0.05) is 11.6 Å². The van der Waals surface area contributed by atoms with Crippen molar-refractivity contribution in [2.24, 2.45) is 0 Å². The molecule has 0 spiro atoms. The summed E-state index contributed by atoms with van der Waals surface area (Å²) in [5.74, 6) is 0. The molecule has 0 amide bonds. The molecule has 1 rings (SSSR count). The number of hydrogen-bond acceptors (Lipinski definition) is 3. The monoisotopic (exact) mass is 172 g/mol. The first-order valence-electron chi connectivity index (χ1n) is 3.29. The normalized spacial score (nSPS) is 10.0. The molecule has 0 saturated heterocycles. The predicted octanol–water partition coefficient (Wildman–Crippen LogP) is 1.32. The summed E-state index contributed by atoms with van der Waals surface area (Å²) in [7, 11) is 1.65. The minimum atomic E-state index is 0.617. The predicted molar refractivity (Wildman–Crippen MR) is 42.6 cm³/mol. The number of ether oxygens (including phenoxy) is 1. The molecule has 0 atom stereocenters. The molecular formula is C7H9ClN2O. The summed E-state index contributed by atoms with van der Waals surface area (Å²) >= 11 is 5.68. The van der Waals surface area contributed by atoms with Gasteiger partial charge < -0.3 is 4.74 Å². The van der Waals surface area contributed by atoms with Gasteiger partial charge in [0.15, 0.2) is 0 Å². The molecule has 1 heterocycles. The van der Waals surface area contributed by atoms with Crippen molar-refractivity contribution in [1.29, 1.82) is 0 Å². The van der Waals surface area contributed by atoms with Crippen molar-refractivity contribution in [1.82, 2.24) is 10.2 Å². The number of rotatable bonds is 3. The van der Waals surface area contributed by atoms with Gasteiger partial charge >= 0.3 is 0 Å². The van der Waals surface area contributed by atoms with E-state index in [-0.39, 0.29) is 0 Å². The zero-order chi connectivity index (χ0) is 8.10. The maximum atomic E-state index is 5.68. The maximum Gasteiger partial charge on any atom is 0.0682 e. The van der Waals surface area contributed by atoms with E-state index in [1.807, 2.05) is 0 Å². The lowest BCUT2D eigenvalue weighted by Gasteiger charge is -1.97. The fourth-order valence-corrected chi connectivity index (χ4v) is 0.882. The van der Waals surface area contributed by atoms with Crippen LogP contribution in [0.3, 0.4) is 0 Å². The van der Waals surface area contributed by atoms with Gasteiger partial charge in [-0.25, -0.2) is 0 Å². The van der Waals surface area contributed by atoms with E-state index in [1.54, 1.807) is 13.2 Å². The first-order valence-corrected chi connectivity index (χ1v) is 3.67. The van der Waals surface area contributed by atoms with Crippen molar-refractivity contribution in [3.8, 4) is 0 Å². The summed E-state index contributed by atoms with van der Waals surface area (Å²) in [6, 6.07) is 1.79. The average molecular weight is 173 g/mol. The van der Waals surface area contributed by atoms with Crippen molar-refractivity contribution in [3.63, 3.8) is 0 Å². The minimum Gasteiger partial charge on any atom is -0.384 e. The standard InChI is InChI=1S/C7H9ClN2O/c1-11-3-2-7-4-6(8)5-9-10-7/h4-5H,2-3H2,1H3. The van der Waals surface area contributed by atoms with Crippen LogP contribution in [0.5, 0.6) is 0 Å². The SMILES string of the molecule is COCCc1cc(Cl)cnn1. The number of aromatic nitrogens is 2. The van der Waals surface area contributed by atoms with Crippen LogP contribution in [0.2, 0.25) is 5.02 Å². The van der Waals surface area contributed by atoms with E-state index in [0.29, 0.717) is 11.6 Å². The Morgan fingerprint density at radius 3 is 3.09 bits per heavy atom. The summed E-state index contributed by atoms with van der Waals surface area (Å²) in [6.07, 6.45) is 2.27. The van der Waals surface area contributed by atoms with Gasteiger partial charge in [0.05, 0.1) is 23.5 Å². The van der Waals surface area contributed by atoms with Crippen LogP contribution in [-0.4, -0.2) is 23.9 Å². The van der Waals surface area contributed by atoms with E-state index < -0.39 is 0 Å². The fourth-order valence-electron chi connectivity index (χ4n) is 0.712. The van der Waals surface area contributed by atoms with Gasteiger partial charge in [-0.3, -0.25) is 0 Å². The van der Waals surface area contributed by atoms with Crippen LogP contribution < -0.4 is 0 Å². The van der Waals surface area contributed by atoms with Crippen LogP contribution >= 0.6 is 11.6 Å². The molecule has 3 nitrogen and oxygen atoms in total. The van der Waals surface area contributed by atoms with Crippen LogP contribution in [0, 0.1) is 0 Å². The quantitative estimate of drug-likeness (QED) is 0.690. The Morgan fingerprint density at radius 2 is 2.45 bits per heavy atom. The summed E-state index contributed by atoms with van der Waals surface area (Å²) < 4.78 is 4.87. The summed E-state index contributed by atoms with van der Waals surface area (Å²) in [5.41, 5.74) is 0.861. The Labute approximate surface area is 70.4 Å². The Bertz CT molecular complexity index is 229. The van der Waals surface area contributed by atoms with Gasteiger partial charge in [0.2, 0.25) is 0 Å². The van der Waals surface area contributed by atoms with Crippen molar-refractivity contribution in [2.75, 3.05) is 13.7 Å². The highest BCUT2D eigenvalue weighted by molar-refractivity contribution is 6.30. The molecule has 11 heavy (non-hydrogen) atoms. The first-order chi connectivity index (χ1) is 5.33. The van der Waals surface area contributed by atoms with Crippen LogP contribution in [0.4, 0.5) is 0 Å². The zero-order valence-corrected chi connectivity index (χ0v) is 7.01. The minimum absolute atomic E-state index is 0.617. The largest absolute Gasteiger partial charge is 0.384 e. The van der Waals surface area contributed by atoms with E-state index in [2.05, 4.69) is 10.2 Å². The second-order valence-corrected chi connectivity index (χ2v) is 2.54. The second-order valence-electron chi connectivity index (χ2n) is 2.11. The Morgan fingerprint density at radius 1 is 1.64 bits per heavy atom. The van der Waals surface area contributed by atoms with E-state index in [9.17, 15) is 0 Å². The Balaban J connectivity index is 2.56. The third kappa shape index (κ3) is 2.82. The van der Waals surface area contributed by atoms with Crippen molar-refractivity contribution in [3.05, 3.63) is 23.0 Å². The van der Waals surface area contributed by atoms with Crippen LogP contribution in [0.15, 0.2) is 12.3 Å². The molecular weight excluding hydrogens is 164 g/mol. The molecule has 0 N–H and O–H groups in total. The molecule has 0 aromatic carbocycles. The Hall–Kier alpha value is -0.670. The van der Waals surface area contributed by atoms with E-state index >= 15 is 0 Å². The van der Waals surface area contributed by atoms with Gasteiger partial charge in [0.25, 0.3) is 0 Å². The van der Waals surface area contributed by atoms with Crippen molar-refractivity contribution in [2.45, 2.75) is 6.42 Å². The molecule has 0 aliphatic heterocycles. The highest BCUT2D eigenvalue weighted by Crippen LogP contribution is 2.06. The Kier molecular flexibility index (Phi) is 3.26. The molecule has 0 fully saturated rings. The molecule has 0 saturated carbocycles. The van der Waals surface area contributed by atoms with E-state index in [4.69, 9.17) is 16.3 Å². The summed E-state index contributed by atoms with van der Waals surface area (Å²) in [5, 5.41) is 8.18. The lowest BCUT2D eigenvalue weighted by molar-refractivity contribution is 0.201. The fraction of sp³-hybridized carbons (Fsp3) is 0.429. The number of hydrogen-bond donors (Lipinski definition) is 0. The lowest BCUT2D eigenvalue weighted by Crippen LogP contribution is -1.98. The second kappa shape index (κ2) is 4.26. The third-order valence-electron chi connectivity index (χ3n) is 1.23. The number of halogens is 1. The average Bonchev–Trinajstić information content (AvgIpc) is 2.01. The van der Waals surface area contributed by atoms with Gasteiger partial charge in [-0.15, -0.1) is 0 Å². The van der Waals surface area contributed by atoms with Crippen LogP contribution in [0.1, 0.15) is 5.69 Å². The molecule has 0 aliphatic carbocycles. The highest BCUT2D eigenvalue weighted by Gasteiger charge is 1.95. The van der Waals surface area contributed by atoms with E-state index in [0.717, 1.165) is 12.1 Å². The molecule has 0 unspecified atom stereocenters. The van der Waals surface area contributed by atoms with Gasteiger partial charge in [0.1, 0.15) is 0 Å². The smallest absolute Gasteiger partial charge is 0.0682 e. The molecule has 1 aromatic rings. The first kappa shape index (κ1) is 8.43. The molecule has 0 bridgehead atoms. The van der Waals surface area contributed by atoms with Gasteiger partial charge in [-0.2, -0.15) is 10.2 Å². The number of methoxy groups -OCH3 is 1. The topological polar surface area (TPSA) is 35.0 Å². The lowest BCUT2D eigenvalue weighted by atomic mass is 10.3. The molecule has 0 aliphatic rings. The summed E-state index contributed by atoms with van der Waals surface area (Å²) in [4.78, 5) is 0. The van der Waals surface area contributed by atoms with Crippen LogP contribution in [0.25, 0.3) is 0 Å². The molecule has 0 radical (unpaired) electrons. The maximum absolute atomic E-state index is 5.68. The van der Waals surface area contributed by atoms with Gasteiger partial charge in [0, 0.05) is 13.5 Å². The van der Waals surface area contributed by atoms with Crippen LogP contribution in [-0.2, 0) is 11.2 Å². The highest BCUT2D eigenvalue weighted by atomic mass is 35.5. The van der Waals surface area contributed by atoms with Gasteiger partial charge in [-0.05, 0) is 6.07 Å². The van der Waals surface area contributed by atoms with E-state index in [1.165, 1.54) is 6.20 Å². The molecule has 60 valence electrons. The molecule has 4 heteroatoms. The zero-order valence-electron chi connectivity index (χ0n) is 6.25. The van der Waals surface area contributed by atoms with Crippen molar-refractivity contribution >= 4 is 11.6 Å².